The molecule has 0 spiro atoms. The summed E-state index contributed by atoms with van der Waals surface area (Å²) in [7, 11) is 3.28. The number of methoxy groups -OCH3 is 2. The second-order valence-corrected chi connectivity index (χ2v) is 5.12. The first kappa shape index (κ1) is 16.3. The Morgan fingerprint density at radius 1 is 1.09 bits per heavy atom. The first-order chi connectivity index (χ1) is 10.7. The van der Waals surface area contributed by atoms with E-state index in [1.165, 1.54) is 12.8 Å². The molecule has 1 heterocycles. The molecule has 120 valence electrons. The number of aryl methyl sites for hydroxylation is 1. The fourth-order valence-electron chi connectivity index (χ4n) is 2.41. The van der Waals surface area contributed by atoms with Gasteiger partial charge in [-0.3, -0.25) is 0 Å². The molecule has 2 N–H and O–H groups in total. The lowest BCUT2D eigenvalue weighted by molar-refractivity contribution is 0.394. The Morgan fingerprint density at radius 3 is 2.32 bits per heavy atom. The predicted molar refractivity (Wildman–Crippen MR) is 86.0 cm³/mol. The van der Waals surface area contributed by atoms with Crippen LogP contribution in [0.25, 0.3) is 11.3 Å². The van der Waals surface area contributed by atoms with Crippen LogP contribution in [0.2, 0.25) is 0 Å². The summed E-state index contributed by atoms with van der Waals surface area (Å²) in [5, 5.41) is 8.46. The fraction of sp³-hybridized carbons (Fsp3) is 0.500. The van der Waals surface area contributed by atoms with Crippen LogP contribution < -0.4 is 15.2 Å². The lowest BCUT2D eigenvalue weighted by Gasteiger charge is -2.11. The van der Waals surface area contributed by atoms with E-state index in [9.17, 15) is 0 Å². The highest BCUT2D eigenvalue weighted by Gasteiger charge is 2.15. The van der Waals surface area contributed by atoms with Crippen molar-refractivity contribution in [1.29, 1.82) is 0 Å². The topological polar surface area (TPSA) is 75.2 Å². The van der Waals surface area contributed by atoms with E-state index in [1.54, 1.807) is 14.2 Å². The smallest absolute Gasteiger partial charge is 0.123 e. The highest BCUT2D eigenvalue weighted by molar-refractivity contribution is 5.66. The van der Waals surface area contributed by atoms with Crippen LogP contribution >= 0.6 is 0 Å². The molecule has 2 rings (SSSR count). The van der Waals surface area contributed by atoms with Crippen LogP contribution in [0.1, 0.15) is 31.9 Å². The number of hydrogen-bond acceptors (Lipinski definition) is 5. The molecule has 0 unspecified atom stereocenters. The Kier molecular flexibility index (Phi) is 5.77. The maximum atomic E-state index is 5.82. The maximum Gasteiger partial charge on any atom is 0.123 e. The average molecular weight is 304 g/mol. The number of hydrogen-bond donors (Lipinski definition) is 1. The van der Waals surface area contributed by atoms with E-state index in [1.807, 2.05) is 22.9 Å². The van der Waals surface area contributed by atoms with Crippen molar-refractivity contribution in [3.8, 4) is 22.8 Å². The van der Waals surface area contributed by atoms with Crippen molar-refractivity contribution in [2.45, 2.75) is 39.3 Å². The second-order valence-electron chi connectivity index (χ2n) is 5.12. The summed E-state index contributed by atoms with van der Waals surface area (Å²) in [6.07, 6.45) is 3.40. The predicted octanol–water partition coefficient (Wildman–Crippen LogP) is 2.61. The summed E-state index contributed by atoms with van der Waals surface area (Å²) in [6.45, 7) is 3.36. The van der Waals surface area contributed by atoms with Crippen molar-refractivity contribution in [2.24, 2.45) is 5.73 Å². The Balaban J connectivity index is 2.43. The van der Waals surface area contributed by atoms with Crippen molar-refractivity contribution in [2.75, 3.05) is 14.2 Å². The maximum absolute atomic E-state index is 5.82. The number of unbranched alkanes of at least 4 members (excludes halogenated alkanes) is 2. The molecule has 0 aliphatic heterocycles. The van der Waals surface area contributed by atoms with Crippen LogP contribution in [-0.4, -0.2) is 29.2 Å². The quantitative estimate of drug-likeness (QED) is 0.759. The molecule has 6 heteroatoms. The van der Waals surface area contributed by atoms with Gasteiger partial charge in [0.25, 0.3) is 0 Å². The molecule has 2 aromatic rings. The Labute approximate surface area is 131 Å². The molecule has 0 amide bonds. The SMILES string of the molecule is CCCCCn1nnc(CN)c1-c1cc(OC)cc(OC)c1. The first-order valence-electron chi connectivity index (χ1n) is 7.59. The van der Waals surface area contributed by atoms with Gasteiger partial charge in [-0.1, -0.05) is 25.0 Å². The highest BCUT2D eigenvalue weighted by atomic mass is 16.5. The van der Waals surface area contributed by atoms with Crippen molar-refractivity contribution < 1.29 is 9.47 Å². The minimum Gasteiger partial charge on any atom is -0.497 e. The molecular weight excluding hydrogens is 280 g/mol. The van der Waals surface area contributed by atoms with Gasteiger partial charge < -0.3 is 15.2 Å². The number of aromatic nitrogens is 3. The lowest BCUT2D eigenvalue weighted by Crippen LogP contribution is -2.05. The van der Waals surface area contributed by atoms with Crippen LogP contribution in [0.15, 0.2) is 18.2 Å². The zero-order chi connectivity index (χ0) is 15.9. The Morgan fingerprint density at radius 2 is 1.77 bits per heavy atom. The zero-order valence-corrected chi connectivity index (χ0v) is 13.5. The normalized spacial score (nSPS) is 10.7. The fourth-order valence-corrected chi connectivity index (χ4v) is 2.41. The van der Waals surface area contributed by atoms with Crippen LogP contribution in [0, 0.1) is 0 Å². The van der Waals surface area contributed by atoms with Crippen LogP contribution in [-0.2, 0) is 13.1 Å². The highest BCUT2D eigenvalue weighted by Crippen LogP contribution is 2.31. The number of nitrogens with zero attached hydrogens (tertiary/aromatic N) is 3. The molecule has 0 saturated carbocycles. The lowest BCUT2D eigenvalue weighted by atomic mass is 10.1. The third-order valence-corrected chi connectivity index (χ3v) is 3.60. The van der Waals surface area contributed by atoms with Gasteiger partial charge >= 0.3 is 0 Å². The summed E-state index contributed by atoms with van der Waals surface area (Å²) < 4.78 is 12.6. The Hall–Kier alpha value is -2.08. The van der Waals surface area contributed by atoms with Gasteiger partial charge in [0, 0.05) is 24.7 Å². The minimum atomic E-state index is 0.350. The Bertz CT molecular complexity index is 588. The third kappa shape index (κ3) is 3.57. The summed E-state index contributed by atoms with van der Waals surface area (Å²) >= 11 is 0. The van der Waals surface area contributed by atoms with E-state index in [4.69, 9.17) is 15.2 Å². The van der Waals surface area contributed by atoms with Gasteiger partial charge in [-0.25, -0.2) is 4.68 Å². The average Bonchev–Trinajstić information content (AvgIpc) is 2.97. The third-order valence-electron chi connectivity index (χ3n) is 3.60. The molecule has 0 aliphatic rings. The molecule has 1 aromatic heterocycles. The summed E-state index contributed by atoms with van der Waals surface area (Å²) in [5.74, 6) is 1.47. The van der Waals surface area contributed by atoms with Gasteiger partial charge in [0.2, 0.25) is 0 Å². The molecule has 0 radical (unpaired) electrons. The van der Waals surface area contributed by atoms with Crippen molar-refractivity contribution >= 4 is 0 Å². The van der Waals surface area contributed by atoms with Gasteiger partial charge in [0.05, 0.1) is 19.9 Å². The van der Waals surface area contributed by atoms with Crippen molar-refractivity contribution in [3.05, 3.63) is 23.9 Å². The molecule has 0 fully saturated rings. The zero-order valence-electron chi connectivity index (χ0n) is 13.5. The van der Waals surface area contributed by atoms with E-state index < -0.39 is 0 Å². The van der Waals surface area contributed by atoms with Crippen LogP contribution in [0.3, 0.4) is 0 Å². The van der Waals surface area contributed by atoms with E-state index in [2.05, 4.69) is 17.2 Å². The molecule has 0 bridgehead atoms. The van der Waals surface area contributed by atoms with E-state index in [0.29, 0.717) is 6.54 Å². The molecule has 6 nitrogen and oxygen atoms in total. The monoisotopic (exact) mass is 304 g/mol. The van der Waals surface area contributed by atoms with Gasteiger partial charge in [-0.05, 0) is 18.6 Å². The van der Waals surface area contributed by atoms with Gasteiger partial charge in [-0.2, -0.15) is 0 Å². The molecule has 0 saturated heterocycles. The molecule has 0 aliphatic carbocycles. The largest absolute Gasteiger partial charge is 0.497 e. The molecule has 0 atom stereocenters. The first-order valence-corrected chi connectivity index (χ1v) is 7.59. The van der Waals surface area contributed by atoms with Gasteiger partial charge in [-0.15, -0.1) is 5.10 Å². The van der Waals surface area contributed by atoms with Crippen molar-refractivity contribution in [1.82, 2.24) is 15.0 Å². The van der Waals surface area contributed by atoms with Gasteiger partial charge in [0.1, 0.15) is 17.2 Å². The number of ether oxygens (including phenoxy) is 2. The second kappa shape index (κ2) is 7.79. The van der Waals surface area contributed by atoms with Crippen molar-refractivity contribution in [3.63, 3.8) is 0 Å². The standard InChI is InChI=1S/C16H24N4O2/c1-4-5-6-7-20-16(15(11-17)18-19-20)12-8-13(21-2)10-14(9-12)22-3/h8-10H,4-7,11,17H2,1-3H3. The summed E-state index contributed by atoms with van der Waals surface area (Å²) in [5.41, 5.74) is 8.50. The number of nitrogens with two attached hydrogens (primary N) is 1. The number of benzene rings is 1. The van der Waals surface area contributed by atoms with E-state index >= 15 is 0 Å². The molecular formula is C16H24N4O2. The number of rotatable bonds is 8. The van der Waals surface area contributed by atoms with Crippen LogP contribution in [0.5, 0.6) is 11.5 Å². The van der Waals surface area contributed by atoms with Crippen LogP contribution in [0.4, 0.5) is 0 Å². The van der Waals surface area contributed by atoms with E-state index in [-0.39, 0.29) is 0 Å². The molecule has 22 heavy (non-hydrogen) atoms. The summed E-state index contributed by atoms with van der Waals surface area (Å²) in [6, 6.07) is 5.75. The van der Waals surface area contributed by atoms with Gasteiger partial charge in [0.15, 0.2) is 0 Å². The van der Waals surface area contributed by atoms with E-state index in [0.717, 1.165) is 41.4 Å². The summed E-state index contributed by atoms with van der Waals surface area (Å²) in [4.78, 5) is 0. The molecule has 1 aromatic carbocycles. The minimum absolute atomic E-state index is 0.350.